The zero-order chi connectivity index (χ0) is 21.3. The Morgan fingerprint density at radius 3 is 2.20 bits per heavy atom. The number of methoxy groups -OCH3 is 1. The number of benzene rings is 1. The Morgan fingerprint density at radius 1 is 1.00 bits per heavy atom. The molecule has 30 heavy (non-hydrogen) atoms. The van der Waals surface area contributed by atoms with Crippen molar-refractivity contribution < 1.29 is 4.74 Å². The number of piperazine rings is 2. The van der Waals surface area contributed by atoms with E-state index in [-0.39, 0.29) is 0 Å². The molecule has 0 aliphatic carbocycles. The molecule has 0 bridgehead atoms. The van der Waals surface area contributed by atoms with Crippen LogP contribution in [0.1, 0.15) is 13.8 Å². The number of hydrogen-bond acceptors (Lipinski definition) is 5. The number of hydrogen-bond donors (Lipinski definition) is 1. The molecule has 0 spiro atoms. The summed E-state index contributed by atoms with van der Waals surface area (Å²) in [6.45, 7) is 16.7. The molecule has 2 saturated heterocycles. The molecule has 3 rings (SSSR count). The van der Waals surface area contributed by atoms with Gasteiger partial charge in [-0.3, -0.25) is 4.99 Å². The summed E-state index contributed by atoms with van der Waals surface area (Å²) in [6.07, 6.45) is 0. The third-order valence-corrected chi connectivity index (χ3v) is 6.32. The smallest absolute Gasteiger partial charge is 0.193 e. The maximum absolute atomic E-state index is 5.27. The second-order valence-electron chi connectivity index (χ2n) is 8.44. The van der Waals surface area contributed by atoms with E-state index in [1.54, 1.807) is 7.11 Å². The Balaban J connectivity index is 1.40. The van der Waals surface area contributed by atoms with Crippen LogP contribution in [0, 0.1) is 5.92 Å². The third kappa shape index (κ3) is 6.25. The minimum Gasteiger partial charge on any atom is -0.497 e. The standard InChI is InChI=1S/C23H40N6O/c1-5-26-10-12-27(13-11-26)19-20(2)18-25-23(24-3)29-16-14-28(15-17-29)21-6-8-22(30-4)9-7-21/h6-9,20H,5,10-19H2,1-4H3,(H,24,25). The van der Waals surface area contributed by atoms with Crippen molar-refractivity contribution in [2.45, 2.75) is 13.8 Å². The van der Waals surface area contributed by atoms with Crippen molar-refractivity contribution in [2.24, 2.45) is 10.9 Å². The van der Waals surface area contributed by atoms with Crippen molar-refractivity contribution in [3.05, 3.63) is 24.3 Å². The molecule has 1 N–H and O–H groups in total. The largest absolute Gasteiger partial charge is 0.497 e. The first kappa shape index (κ1) is 22.7. The molecule has 0 saturated carbocycles. The van der Waals surface area contributed by atoms with Crippen LogP contribution in [-0.2, 0) is 0 Å². The van der Waals surface area contributed by atoms with Gasteiger partial charge in [-0.05, 0) is 36.7 Å². The van der Waals surface area contributed by atoms with E-state index in [0.29, 0.717) is 5.92 Å². The summed E-state index contributed by atoms with van der Waals surface area (Å²) in [5.41, 5.74) is 1.26. The SMILES string of the molecule is CCN1CCN(CC(C)CNC(=NC)N2CCN(c3ccc(OC)cc3)CC2)CC1. The van der Waals surface area contributed by atoms with Gasteiger partial charge in [-0.2, -0.15) is 0 Å². The molecule has 1 unspecified atom stereocenters. The number of nitrogens with zero attached hydrogens (tertiary/aromatic N) is 5. The van der Waals surface area contributed by atoms with Crippen LogP contribution in [0.5, 0.6) is 5.75 Å². The van der Waals surface area contributed by atoms with Gasteiger partial charge in [0.1, 0.15) is 5.75 Å². The van der Waals surface area contributed by atoms with Crippen molar-refractivity contribution in [1.82, 2.24) is 20.0 Å². The highest BCUT2D eigenvalue weighted by Gasteiger charge is 2.21. The molecule has 2 aliphatic heterocycles. The molecular weight excluding hydrogens is 376 g/mol. The number of aliphatic imine (C=N–C) groups is 1. The molecule has 2 aliphatic rings. The fraction of sp³-hybridized carbons (Fsp3) is 0.696. The molecule has 2 heterocycles. The van der Waals surface area contributed by atoms with Gasteiger partial charge in [-0.25, -0.2) is 0 Å². The molecule has 168 valence electrons. The van der Waals surface area contributed by atoms with Crippen LogP contribution in [-0.4, -0.2) is 107 Å². The lowest BCUT2D eigenvalue weighted by atomic mass is 10.1. The van der Waals surface area contributed by atoms with Gasteiger partial charge in [0.2, 0.25) is 0 Å². The summed E-state index contributed by atoms with van der Waals surface area (Å²) < 4.78 is 5.27. The molecule has 1 aromatic rings. The molecular formula is C23H40N6O. The second-order valence-corrected chi connectivity index (χ2v) is 8.44. The number of ether oxygens (including phenoxy) is 1. The molecule has 7 heteroatoms. The van der Waals surface area contributed by atoms with E-state index in [2.05, 4.69) is 55.9 Å². The Kier molecular flexibility index (Phi) is 8.63. The van der Waals surface area contributed by atoms with Gasteiger partial charge < -0.3 is 29.7 Å². The molecule has 0 aromatic heterocycles. The minimum absolute atomic E-state index is 0.607. The predicted octanol–water partition coefficient (Wildman–Crippen LogP) is 1.67. The van der Waals surface area contributed by atoms with Crippen LogP contribution in [0.3, 0.4) is 0 Å². The van der Waals surface area contributed by atoms with Gasteiger partial charge in [-0.15, -0.1) is 0 Å². The third-order valence-electron chi connectivity index (χ3n) is 6.32. The summed E-state index contributed by atoms with van der Waals surface area (Å²) in [5, 5.41) is 3.62. The lowest BCUT2D eigenvalue weighted by Gasteiger charge is -2.38. The van der Waals surface area contributed by atoms with E-state index >= 15 is 0 Å². The van der Waals surface area contributed by atoms with Gasteiger partial charge >= 0.3 is 0 Å². The van der Waals surface area contributed by atoms with E-state index in [0.717, 1.165) is 51.0 Å². The fourth-order valence-electron chi connectivity index (χ4n) is 4.36. The molecule has 0 radical (unpaired) electrons. The van der Waals surface area contributed by atoms with E-state index < -0.39 is 0 Å². The van der Waals surface area contributed by atoms with Crippen LogP contribution in [0.2, 0.25) is 0 Å². The normalized spacial score (nSPS) is 20.3. The Labute approximate surface area is 182 Å². The fourth-order valence-corrected chi connectivity index (χ4v) is 4.36. The first-order chi connectivity index (χ1) is 14.6. The van der Waals surface area contributed by atoms with Crippen LogP contribution >= 0.6 is 0 Å². The molecule has 1 atom stereocenters. The number of nitrogens with one attached hydrogen (secondary N) is 1. The quantitative estimate of drug-likeness (QED) is 0.539. The maximum Gasteiger partial charge on any atom is 0.193 e. The van der Waals surface area contributed by atoms with Crippen molar-refractivity contribution in [1.29, 1.82) is 0 Å². The lowest BCUT2D eigenvalue weighted by Crippen LogP contribution is -2.53. The number of anilines is 1. The van der Waals surface area contributed by atoms with Crippen molar-refractivity contribution in [3.8, 4) is 5.75 Å². The summed E-state index contributed by atoms with van der Waals surface area (Å²) in [7, 11) is 3.60. The maximum atomic E-state index is 5.27. The number of guanidine groups is 1. The molecule has 0 amide bonds. The zero-order valence-corrected chi connectivity index (χ0v) is 19.3. The van der Waals surface area contributed by atoms with Crippen LogP contribution < -0.4 is 15.0 Å². The van der Waals surface area contributed by atoms with Crippen LogP contribution in [0.4, 0.5) is 5.69 Å². The summed E-state index contributed by atoms with van der Waals surface area (Å²) >= 11 is 0. The predicted molar refractivity (Wildman–Crippen MR) is 126 cm³/mol. The van der Waals surface area contributed by atoms with E-state index in [4.69, 9.17) is 4.74 Å². The molecule has 7 nitrogen and oxygen atoms in total. The van der Waals surface area contributed by atoms with Crippen molar-refractivity contribution in [2.75, 3.05) is 91.0 Å². The average Bonchev–Trinajstić information content (AvgIpc) is 2.80. The Morgan fingerprint density at radius 2 is 1.63 bits per heavy atom. The summed E-state index contributed by atoms with van der Waals surface area (Å²) in [6, 6.07) is 8.35. The van der Waals surface area contributed by atoms with Crippen LogP contribution in [0.15, 0.2) is 29.3 Å². The number of rotatable bonds is 7. The van der Waals surface area contributed by atoms with E-state index in [9.17, 15) is 0 Å². The highest BCUT2D eigenvalue weighted by atomic mass is 16.5. The summed E-state index contributed by atoms with van der Waals surface area (Å²) in [4.78, 5) is 14.5. The first-order valence-corrected chi connectivity index (χ1v) is 11.4. The van der Waals surface area contributed by atoms with Gasteiger partial charge in [0.15, 0.2) is 5.96 Å². The minimum atomic E-state index is 0.607. The van der Waals surface area contributed by atoms with Crippen LogP contribution in [0.25, 0.3) is 0 Å². The van der Waals surface area contributed by atoms with Gasteiger partial charge in [0.05, 0.1) is 7.11 Å². The highest BCUT2D eigenvalue weighted by molar-refractivity contribution is 5.80. The van der Waals surface area contributed by atoms with Gasteiger partial charge in [-0.1, -0.05) is 13.8 Å². The van der Waals surface area contributed by atoms with Crippen molar-refractivity contribution >= 4 is 11.6 Å². The van der Waals surface area contributed by atoms with E-state index in [1.165, 1.54) is 38.4 Å². The van der Waals surface area contributed by atoms with Gasteiger partial charge in [0.25, 0.3) is 0 Å². The average molecular weight is 417 g/mol. The molecule has 2 fully saturated rings. The Hall–Kier alpha value is -1.99. The zero-order valence-electron chi connectivity index (χ0n) is 19.3. The first-order valence-electron chi connectivity index (χ1n) is 11.4. The van der Waals surface area contributed by atoms with E-state index in [1.807, 2.05) is 19.2 Å². The monoisotopic (exact) mass is 416 g/mol. The number of likely N-dealkylation sites (N-methyl/N-ethyl adjacent to an activating group) is 1. The summed E-state index contributed by atoms with van der Waals surface area (Å²) in [5.74, 6) is 2.55. The van der Waals surface area contributed by atoms with Gasteiger partial charge in [0, 0.05) is 78.2 Å². The molecule has 1 aromatic carbocycles. The second kappa shape index (κ2) is 11.4. The highest BCUT2D eigenvalue weighted by Crippen LogP contribution is 2.20. The topological polar surface area (TPSA) is 46.6 Å². The van der Waals surface area contributed by atoms with Crippen molar-refractivity contribution in [3.63, 3.8) is 0 Å². The lowest BCUT2D eigenvalue weighted by molar-refractivity contribution is 0.124. The Bertz CT molecular complexity index is 648.